The maximum absolute atomic E-state index is 13.8. The molecule has 0 atom stereocenters. The molecule has 0 aliphatic rings. The Bertz CT molecular complexity index is 2970. The van der Waals surface area contributed by atoms with E-state index in [4.69, 9.17) is 9.47 Å². The Kier molecular flexibility index (Phi) is 11.7. The second kappa shape index (κ2) is 17.1. The number of hydrogen-bond acceptors (Lipinski definition) is 11. The van der Waals surface area contributed by atoms with Crippen molar-refractivity contribution in [3.05, 3.63) is 138 Å². The molecule has 0 radical (unpaired) electrons. The van der Waals surface area contributed by atoms with Crippen molar-refractivity contribution >= 4 is 45.5 Å². The topological polar surface area (TPSA) is 177 Å². The van der Waals surface area contributed by atoms with Crippen LogP contribution in [0.25, 0.3) is 33.7 Å². The molecule has 322 valence electrons. The zero-order chi connectivity index (χ0) is 45.2. The summed E-state index contributed by atoms with van der Waals surface area (Å²) in [6, 6.07) is 13.0. The molecule has 0 saturated heterocycles. The van der Waals surface area contributed by atoms with Crippen LogP contribution in [0.4, 0.5) is 46.8 Å². The van der Waals surface area contributed by atoms with E-state index in [0.717, 1.165) is 45.9 Å². The average molecular weight is 878 g/mol. The van der Waals surface area contributed by atoms with Gasteiger partial charge in [0.1, 0.15) is 28.7 Å². The highest BCUT2D eigenvalue weighted by molar-refractivity contribution is 6.05. The fraction of sp³-hybridized carbons (Fsp3) is 0.125. The third-order valence-electron chi connectivity index (χ3n) is 8.90. The molecule has 5 aromatic heterocycles. The Hall–Kier alpha value is -8.11. The number of aromatic nitrogens is 9. The third-order valence-corrected chi connectivity index (χ3v) is 8.90. The van der Waals surface area contributed by atoms with Gasteiger partial charge in [-0.3, -0.25) is 23.7 Å². The lowest BCUT2D eigenvalue weighted by Gasteiger charge is -2.11. The molecule has 0 fully saturated rings. The molecule has 0 saturated carbocycles. The first kappa shape index (κ1) is 43.0. The molecule has 3 aromatic carbocycles. The van der Waals surface area contributed by atoms with Gasteiger partial charge >= 0.3 is 12.4 Å². The second-order valence-electron chi connectivity index (χ2n) is 13.0. The molecule has 5 heterocycles. The molecule has 0 aliphatic carbocycles. The summed E-state index contributed by atoms with van der Waals surface area (Å²) in [7, 11) is 2.77. The maximum Gasteiger partial charge on any atom is 0.450 e. The number of fused-ring (bicyclic) bond motifs is 2. The molecule has 2 N–H and O–H groups in total. The number of rotatable bonds is 8. The second-order valence-corrected chi connectivity index (χ2v) is 13.0. The lowest BCUT2D eigenvalue weighted by Crippen LogP contribution is -2.18. The van der Waals surface area contributed by atoms with Crippen LogP contribution >= 0.6 is 0 Å². The van der Waals surface area contributed by atoms with E-state index in [1.54, 1.807) is 19.2 Å². The molecule has 2 amide bonds. The van der Waals surface area contributed by atoms with Crippen LogP contribution in [-0.4, -0.2) is 70.1 Å². The van der Waals surface area contributed by atoms with E-state index >= 15 is 0 Å². The van der Waals surface area contributed by atoms with E-state index in [0.29, 0.717) is 22.6 Å². The van der Waals surface area contributed by atoms with Gasteiger partial charge in [0.2, 0.25) is 11.6 Å². The largest absolute Gasteiger partial charge is 0.497 e. The van der Waals surface area contributed by atoms with E-state index in [9.17, 15) is 44.7 Å². The SMILES string of the molecule is COc1ccc2nc(C(F)(F)F)n(-c3cnc(NC(=O)c4c(F)cccc4F)cn3)c2c1.COc1ccc2nc(C(F)(F)F)n(-c3cnc(NC(=O)c4ccncc4C)cn3)c2c1. The van der Waals surface area contributed by atoms with Crippen molar-refractivity contribution < 1.29 is 54.2 Å². The van der Waals surface area contributed by atoms with Gasteiger partial charge in [0.25, 0.3) is 11.8 Å². The normalized spacial score (nSPS) is 11.5. The summed E-state index contributed by atoms with van der Waals surface area (Å²) in [5.74, 6) is -5.94. The minimum absolute atomic E-state index is 0.0485. The zero-order valence-electron chi connectivity index (χ0n) is 32.4. The summed E-state index contributed by atoms with van der Waals surface area (Å²) in [5.41, 5.74) is 0.630. The molecule has 0 unspecified atom stereocenters. The van der Waals surface area contributed by atoms with Gasteiger partial charge in [-0.05, 0) is 55.0 Å². The number of ether oxygens (including phenoxy) is 2. The Balaban J connectivity index is 0.000000189. The minimum Gasteiger partial charge on any atom is -0.497 e. The van der Waals surface area contributed by atoms with Crippen molar-refractivity contribution in [2.24, 2.45) is 0 Å². The van der Waals surface area contributed by atoms with E-state index in [1.807, 2.05) is 0 Å². The van der Waals surface area contributed by atoms with Gasteiger partial charge in [-0.15, -0.1) is 0 Å². The molecular formula is C40H27F8N11O4. The first-order chi connectivity index (χ1) is 30.0. The number of pyridine rings is 1. The van der Waals surface area contributed by atoms with Crippen molar-refractivity contribution in [3.63, 3.8) is 0 Å². The summed E-state index contributed by atoms with van der Waals surface area (Å²) in [6.07, 6.45) is -2.28. The number of imidazole rings is 2. The molecule has 0 spiro atoms. The zero-order valence-corrected chi connectivity index (χ0v) is 32.4. The Morgan fingerprint density at radius 2 is 1.10 bits per heavy atom. The van der Waals surface area contributed by atoms with Crippen LogP contribution in [0.3, 0.4) is 0 Å². The number of alkyl halides is 6. The van der Waals surface area contributed by atoms with E-state index in [1.165, 1.54) is 63.0 Å². The highest BCUT2D eigenvalue weighted by atomic mass is 19.4. The van der Waals surface area contributed by atoms with Crippen LogP contribution < -0.4 is 20.1 Å². The number of aryl methyl sites for hydroxylation is 1. The van der Waals surface area contributed by atoms with Crippen molar-refractivity contribution in [1.82, 2.24) is 44.0 Å². The summed E-state index contributed by atoms with van der Waals surface area (Å²) in [5, 5.41) is 4.72. The smallest absolute Gasteiger partial charge is 0.450 e. The summed E-state index contributed by atoms with van der Waals surface area (Å²) >= 11 is 0. The molecule has 0 bridgehead atoms. The predicted molar refractivity (Wildman–Crippen MR) is 208 cm³/mol. The number of benzene rings is 3. The number of carbonyl (C=O) groups excluding carboxylic acids is 2. The number of hydrogen-bond donors (Lipinski definition) is 2. The summed E-state index contributed by atoms with van der Waals surface area (Å²) in [6.45, 7) is 1.73. The van der Waals surface area contributed by atoms with Crippen LogP contribution in [0.2, 0.25) is 0 Å². The van der Waals surface area contributed by atoms with Gasteiger partial charge in [0.05, 0.1) is 61.1 Å². The maximum atomic E-state index is 13.8. The van der Waals surface area contributed by atoms with Crippen molar-refractivity contribution in [1.29, 1.82) is 0 Å². The number of methoxy groups -OCH3 is 2. The molecule has 63 heavy (non-hydrogen) atoms. The average Bonchev–Trinajstić information content (AvgIpc) is 3.84. The van der Waals surface area contributed by atoms with Crippen LogP contribution in [0.15, 0.2) is 97.8 Å². The number of anilines is 2. The number of amides is 2. The first-order valence-electron chi connectivity index (χ1n) is 17.9. The lowest BCUT2D eigenvalue weighted by molar-refractivity contribution is -0.146. The van der Waals surface area contributed by atoms with Gasteiger partial charge in [0, 0.05) is 30.1 Å². The van der Waals surface area contributed by atoms with Gasteiger partial charge in [-0.25, -0.2) is 38.7 Å². The van der Waals surface area contributed by atoms with E-state index in [2.05, 4.69) is 45.5 Å². The third kappa shape index (κ3) is 9.01. The Labute approximate surface area is 348 Å². The van der Waals surface area contributed by atoms with Gasteiger partial charge in [0.15, 0.2) is 23.3 Å². The lowest BCUT2D eigenvalue weighted by atomic mass is 10.1. The molecule has 0 aliphatic heterocycles. The summed E-state index contributed by atoms with van der Waals surface area (Å²) < 4.78 is 121. The minimum atomic E-state index is -4.80. The Morgan fingerprint density at radius 3 is 1.51 bits per heavy atom. The van der Waals surface area contributed by atoms with Crippen LogP contribution in [0.5, 0.6) is 11.5 Å². The van der Waals surface area contributed by atoms with Crippen molar-refractivity contribution in [3.8, 4) is 23.1 Å². The van der Waals surface area contributed by atoms with Crippen molar-refractivity contribution in [2.75, 3.05) is 24.9 Å². The Morgan fingerprint density at radius 1 is 0.619 bits per heavy atom. The highest BCUT2D eigenvalue weighted by Crippen LogP contribution is 2.36. The van der Waals surface area contributed by atoms with E-state index in [-0.39, 0.29) is 45.3 Å². The molecule has 23 heteroatoms. The molecule has 8 rings (SSSR count). The standard InChI is InChI=1S/C20H12F5N5O2.C20H15F3N6O2/c1-32-10-5-6-13-14(7-10)30(19(28-13)20(23,24)25)16-9-26-15(8-27-16)29-18(31)17-11(21)3-2-4-12(17)22;1-11-8-24-6-5-13(11)18(30)28-16-9-26-17(10-25-16)29-15-7-12(31-2)3-4-14(15)27-19(29)20(21,22)23/h2-9H,1H3,(H,26,29,31);3-10H,1-2H3,(H,25,28,30). The highest BCUT2D eigenvalue weighted by Gasteiger charge is 2.40. The molecule has 15 nitrogen and oxygen atoms in total. The number of nitrogens with zero attached hydrogens (tertiary/aromatic N) is 9. The van der Waals surface area contributed by atoms with Crippen LogP contribution in [0, 0.1) is 18.6 Å². The van der Waals surface area contributed by atoms with Gasteiger partial charge < -0.3 is 20.1 Å². The van der Waals surface area contributed by atoms with Crippen LogP contribution in [0.1, 0.15) is 37.9 Å². The molecule has 8 aromatic rings. The number of halogens is 8. The van der Waals surface area contributed by atoms with Crippen molar-refractivity contribution in [2.45, 2.75) is 19.3 Å². The summed E-state index contributed by atoms with van der Waals surface area (Å²) in [4.78, 5) is 51.7. The quantitative estimate of drug-likeness (QED) is 0.141. The number of carbonyl (C=O) groups is 2. The number of nitrogens with one attached hydrogen (secondary N) is 2. The fourth-order valence-electron chi connectivity index (χ4n) is 6.02. The van der Waals surface area contributed by atoms with E-state index < -0.39 is 53.0 Å². The predicted octanol–water partition coefficient (Wildman–Crippen LogP) is 8.17. The van der Waals surface area contributed by atoms with Gasteiger partial charge in [-0.2, -0.15) is 26.3 Å². The molecular weight excluding hydrogens is 850 g/mol. The van der Waals surface area contributed by atoms with Gasteiger partial charge in [-0.1, -0.05) is 6.07 Å². The monoisotopic (exact) mass is 877 g/mol. The van der Waals surface area contributed by atoms with Crippen LogP contribution in [-0.2, 0) is 12.4 Å². The first-order valence-corrected chi connectivity index (χ1v) is 17.9. The fourth-order valence-corrected chi connectivity index (χ4v) is 6.02.